The van der Waals surface area contributed by atoms with Crippen molar-refractivity contribution >= 4 is 5.97 Å². The molecule has 7 rings (SSSR count). The first-order valence-corrected chi connectivity index (χ1v) is 24.5. The second kappa shape index (κ2) is 26.8. The number of aliphatic hydroxyl groups is 21. The lowest BCUT2D eigenvalue weighted by atomic mass is 9.95. The molecule has 0 saturated carbocycles. The molecule has 78 heavy (non-hydrogen) atoms. The molecular weight excluding hydrogens is 1080 g/mol. The van der Waals surface area contributed by atoms with Crippen LogP contribution in [0.2, 0.25) is 0 Å². The minimum atomic E-state index is -2.48. The van der Waals surface area contributed by atoms with Gasteiger partial charge in [0.1, 0.15) is 159 Å². The first-order chi connectivity index (χ1) is 36.8. The Balaban J connectivity index is 1.02. The summed E-state index contributed by atoms with van der Waals surface area (Å²) in [4.78, 5) is 12.7. The van der Waals surface area contributed by atoms with E-state index in [0.29, 0.717) is 0 Å². The Hall–Kier alpha value is -1.89. The molecule has 35 atom stereocenters. The van der Waals surface area contributed by atoms with Gasteiger partial charge in [-0.15, -0.1) is 0 Å². The summed E-state index contributed by atoms with van der Waals surface area (Å²) < 4.78 is 71.5. The molecule has 0 amide bonds. The standard InChI is InChI=1S/C42H70O36/c1-7-13(46)18(51)25(58)37(68-7)66-5-11-15(48)19(52)26(59)38(72-11)67-6-12-16(49)20(53)27(60)39(73-12)76-32-23(56)28(61)40(78-34(32)35(63)64)77-33-21(54)14(47)8(2-43)71-42(33)75-31-17(50)9(3-44)70-41(29(31)62)74-30-10(4-45)69-36(65)24(57)22(30)55/h7-34,36-62,65H,2-6H2,1H3,(H,63,64)/t7-,8+,9+,10+,11+,12+,13-,14+,15+,16+,17+,18+,19-,20-,21-,22+,23+,24+,25+,26+,27+,28+,29+,30+,31-,32-,33-,34-,36?,37+,38+,39+,40+,41-,42+/m0/s1. The Bertz CT molecular complexity index is 1880. The Morgan fingerprint density at radius 3 is 1.28 bits per heavy atom. The molecule has 7 heterocycles. The minimum Gasteiger partial charge on any atom is -0.479 e. The molecule has 36 nitrogen and oxygen atoms in total. The van der Waals surface area contributed by atoms with E-state index >= 15 is 0 Å². The molecule has 7 aliphatic heterocycles. The normalized spacial score (nSPS) is 53.4. The maximum Gasteiger partial charge on any atom is 0.335 e. The molecule has 22 N–H and O–H groups in total. The number of aliphatic carboxylic acids is 1. The van der Waals surface area contributed by atoms with Crippen LogP contribution in [0.5, 0.6) is 0 Å². The molecule has 7 fully saturated rings. The molecule has 1 unspecified atom stereocenters. The van der Waals surface area contributed by atoms with Crippen molar-refractivity contribution in [1.29, 1.82) is 0 Å². The molecular formula is C42H70O36. The first-order valence-electron chi connectivity index (χ1n) is 24.5. The number of ether oxygens (including phenoxy) is 13. The van der Waals surface area contributed by atoms with Crippen molar-refractivity contribution in [2.75, 3.05) is 33.0 Å². The van der Waals surface area contributed by atoms with E-state index in [9.17, 15) is 117 Å². The van der Waals surface area contributed by atoms with Crippen LogP contribution in [0, 0.1) is 0 Å². The van der Waals surface area contributed by atoms with Gasteiger partial charge in [0.05, 0.1) is 39.1 Å². The summed E-state index contributed by atoms with van der Waals surface area (Å²) >= 11 is 0. The van der Waals surface area contributed by atoms with Crippen molar-refractivity contribution in [3.8, 4) is 0 Å². The van der Waals surface area contributed by atoms with Crippen LogP contribution in [0.25, 0.3) is 0 Å². The Kier molecular flexibility index (Phi) is 21.9. The predicted octanol–water partition coefficient (Wildman–Crippen LogP) is -15.2. The highest BCUT2D eigenvalue weighted by Gasteiger charge is 2.58. The molecule has 36 heteroatoms. The van der Waals surface area contributed by atoms with E-state index in [2.05, 4.69) is 0 Å². The van der Waals surface area contributed by atoms with Crippen LogP contribution in [0.3, 0.4) is 0 Å². The third-order valence-corrected chi connectivity index (χ3v) is 14.4. The molecule has 0 aromatic heterocycles. The molecule has 7 saturated heterocycles. The van der Waals surface area contributed by atoms with Crippen LogP contribution in [0.15, 0.2) is 0 Å². The zero-order valence-corrected chi connectivity index (χ0v) is 40.8. The lowest BCUT2D eigenvalue weighted by molar-refractivity contribution is -0.399. The van der Waals surface area contributed by atoms with Gasteiger partial charge in [0.25, 0.3) is 0 Å². The number of carboxylic acids is 1. The largest absolute Gasteiger partial charge is 0.479 e. The SMILES string of the molecule is C[C@@H]1O[C@@H](OC[C@H]2O[C@@H](OC[C@H]3O[C@H](O[C@H]4[C@H](O)[C@@H](O)[C@H](O[C@@H]5[C@@H](O[C@@H]6[C@@H](O)[C@H](O[C@H]7[C@H](O)[C@@H](O)C(O)O[C@@H]7CO)O[C@H](CO)[C@H]6O)O[C@H](CO)[C@@H](O)[C@@H]5O)O[C@@H]4C(=O)O)[C@H](O)[C@@H](O)[C@@H]3O)[C@H](O)[C@@H](O)[C@@H]2O)[C@H](O)[C@H](O)[C@H]1O. The van der Waals surface area contributed by atoms with E-state index < -0.39 is 254 Å². The van der Waals surface area contributed by atoms with E-state index in [0.717, 1.165) is 0 Å². The van der Waals surface area contributed by atoms with Gasteiger partial charge >= 0.3 is 5.97 Å². The van der Waals surface area contributed by atoms with E-state index in [1.165, 1.54) is 6.92 Å². The number of carboxylic acid groups (broad SMARTS) is 1. The quantitative estimate of drug-likeness (QED) is 0.0606. The number of aliphatic hydroxyl groups excluding tert-OH is 21. The van der Waals surface area contributed by atoms with Crippen LogP contribution < -0.4 is 0 Å². The highest BCUT2D eigenvalue weighted by molar-refractivity contribution is 5.73. The van der Waals surface area contributed by atoms with Crippen LogP contribution in [0.4, 0.5) is 0 Å². The molecule has 0 bridgehead atoms. The summed E-state index contributed by atoms with van der Waals surface area (Å²) in [6, 6.07) is 0. The third kappa shape index (κ3) is 13.1. The minimum absolute atomic E-state index is 0.693. The summed E-state index contributed by atoms with van der Waals surface area (Å²) in [6.07, 6.45) is -69.9. The molecule has 454 valence electrons. The molecule has 0 aromatic carbocycles. The van der Waals surface area contributed by atoms with Gasteiger partial charge in [-0.1, -0.05) is 0 Å². The number of hydrogen-bond donors (Lipinski definition) is 22. The second-order valence-corrected chi connectivity index (χ2v) is 19.7. The van der Waals surface area contributed by atoms with Gasteiger partial charge in [-0.05, 0) is 6.92 Å². The van der Waals surface area contributed by atoms with E-state index in [1.807, 2.05) is 0 Å². The summed E-state index contributed by atoms with van der Waals surface area (Å²) in [5.41, 5.74) is 0. The average molecular weight is 1150 g/mol. The summed E-state index contributed by atoms with van der Waals surface area (Å²) in [6.45, 7) is -3.28. The van der Waals surface area contributed by atoms with Crippen molar-refractivity contribution < 1.29 is 179 Å². The van der Waals surface area contributed by atoms with Crippen LogP contribution >= 0.6 is 0 Å². The van der Waals surface area contributed by atoms with Crippen LogP contribution in [-0.4, -0.2) is 366 Å². The Morgan fingerprint density at radius 2 is 0.718 bits per heavy atom. The van der Waals surface area contributed by atoms with Crippen molar-refractivity contribution in [3.05, 3.63) is 0 Å². The topological polar surface area (TPSA) is 582 Å². The van der Waals surface area contributed by atoms with E-state index in [-0.39, 0.29) is 0 Å². The van der Waals surface area contributed by atoms with E-state index in [4.69, 9.17) is 61.6 Å². The van der Waals surface area contributed by atoms with Crippen LogP contribution in [0.1, 0.15) is 6.92 Å². The zero-order valence-electron chi connectivity index (χ0n) is 40.8. The lowest BCUT2D eigenvalue weighted by Crippen LogP contribution is -2.68. The Morgan fingerprint density at radius 1 is 0.333 bits per heavy atom. The van der Waals surface area contributed by atoms with Gasteiger partial charge in [-0.25, -0.2) is 4.79 Å². The zero-order chi connectivity index (χ0) is 57.5. The van der Waals surface area contributed by atoms with E-state index in [1.54, 1.807) is 0 Å². The van der Waals surface area contributed by atoms with Gasteiger partial charge in [0, 0.05) is 0 Å². The van der Waals surface area contributed by atoms with Gasteiger partial charge in [0.15, 0.2) is 50.1 Å². The smallest absolute Gasteiger partial charge is 0.335 e. The summed E-state index contributed by atoms with van der Waals surface area (Å²) in [5, 5.41) is 233. The number of hydrogen-bond acceptors (Lipinski definition) is 35. The Labute approximate surface area is 439 Å². The van der Waals surface area contributed by atoms with Crippen molar-refractivity contribution in [3.63, 3.8) is 0 Å². The highest BCUT2D eigenvalue weighted by atomic mass is 16.8. The summed E-state index contributed by atoms with van der Waals surface area (Å²) in [7, 11) is 0. The molecule has 0 aromatic rings. The molecule has 0 spiro atoms. The third-order valence-electron chi connectivity index (χ3n) is 14.4. The van der Waals surface area contributed by atoms with Gasteiger partial charge in [-0.3, -0.25) is 0 Å². The highest BCUT2D eigenvalue weighted by Crippen LogP contribution is 2.37. The lowest BCUT2D eigenvalue weighted by Gasteiger charge is -2.49. The maximum absolute atomic E-state index is 12.7. The molecule has 0 radical (unpaired) electrons. The van der Waals surface area contributed by atoms with Crippen LogP contribution in [-0.2, 0) is 66.4 Å². The second-order valence-electron chi connectivity index (χ2n) is 19.7. The monoisotopic (exact) mass is 1150 g/mol. The van der Waals surface area contributed by atoms with Gasteiger partial charge in [0.2, 0.25) is 0 Å². The number of carbonyl (C=O) groups is 1. The fraction of sp³-hybridized carbons (Fsp3) is 0.976. The van der Waals surface area contributed by atoms with Gasteiger partial charge in [-0.2, -0.15) is 0 Å². The average Bonchev–Trinajstić information content (AvgIpc) is 3.57. The molecule has 0 aliphatic carbocycles. The fourth-order valence-electron chi connectivity index (χ4n) is 9.68. The summed E-state index contributed by atoms with van der Waals surface area (Å²) in [5.74, 6) is -1.98. The first kappa shape index (κ1) is 63.7. The van der Waals surface area contributed by atoms with Crippen molar-refractivity contribution in [2.45, 2.75) is 222 Å². The maximum atomic E-state index is 12.7. The molecule has 7 aliphatic rings. The van der Waals surface area contributed by atoms with Crippen molar-refractivity contribution in [2.24, 2.45) is 0 Å². The van der Waals surface area contributed by atoms with Gasteiger partial charge < -0.3 is 174 Å². The fourth-order valence-corrected chi connectivity index (χ4v) is 9.68. The van der Waals surface area contributed by atoms with Crippen molar-refractivity contribution in [1.82, 2.24) is 0 Å². The predicted molar refractivity (Wildman–Crippen MR) is 231 cm³/mol. The number of rotatable bonds is 18.